The SMILES string of the molecule is CC1CCCN(S(=O)(=O)c2cccc(N)c2[N+](=O)[O-])CC1. The third-order valence-electron chi connectivity index (χ3n) is 3.81. The number of nitrogens with two attached hydrogens (primary N) is 1. The van der Waals surface area contributed by atoms with E-state index in [1.165, 1.54) is 22.5 Å². The van der Waals surface area contributed by atoms with Gasteiger partial charge in [0.1, 0.15) is 5.69 Å². The first kappa shape index (κ1) is 15.7. The third-order valence-corrected chi connectivity index (χ3v) is 5.74. The number of hydrogen-bond acceptors (Lipinski definition) is 5. The van der Waals surface area contributed by atoms with E-state index in [1.54, 1.807) is 0 Å². The summed E-state index contributed by atoms with van der Waals surface area (Å²) in [7, 11) is -3.90. The molecule has 0 saturated carbocycles. The van der Waals surface area contributed by atoms with E-state index >= 15 is 0 Å². The third kappa shape index (κ3) is 3.16. The van der Waals surface area contributed by atoms with E-state index in [-0.39, 0.29) is 10.6 Å². The molecule has 0 aliphatic carbocycles. The summed E-state index contributed by atoms with van der Waals surface area (Å²) >= 11 is 0. The lowest BCUT2D eigenvalue weighted by atomic mass is 10.0. The predicted molar refractivity (Wildman–Crippen MR) is 79.3 cm³/mol. The zero-order chi connectivity index (χ0) is 15.6. The highest BCUT2D eigenvalue weighted by molar-refractivity contribution is 7.89. The van der Waals surface area contributed by atoms with Gasteiger partial charge in [0.2, 0.25) is 10.0 Å². The monoisotopic (exact) mass is 313 g/mol. The highest BCUT2D eigenvalue weighted by atomic mass is 32.2. The normalized spacial score (nSPS) is 20.9. The summed E-state index contributed by atoms with van der Waals surface area (Å²) in [6.45, 7) is 2.85. The summed E-state index contributed by atoms with van der Waals surface area (Å²) in [5.74, 6) is 0.459. The molecule has 1 unspecified atom stereocenters. The summed E-state index contributed by atoms with van der Waals surface area (Å²) in [4.78, 5) is 10.1. The van der Waals surface area contributed by atoms with Crippen LogP contribution in [0.3, 0.4) is 0 Å². The van der Waals surface area contributed by atoms with Crippen LogP contribution in [-0.4, -0.2) is 30.7 Å². The lowest BCUT2D eigenvalue weighted by molar-refractivity contribution is -0.386. The van der Waals surface area contributed by atoms with E-state index < -0.39 is 20.6 Å². The number of nitrogens with zero attached hydrogens (tertiary/aromatic N) is 2. The molecule has 1 heterocycles. The van der Waals surface area contributed by atoms with Crippen molar-refractivity contribution in [1.82, 2.24) is 4.31 Å². The topological polar surface area (TPSA) is 107 Å². The van der Waals surface area contributed by atoms with Crippen LogP contribution in [0.5, 0.6) is 0 Å². The van der Waals surface area contributed by atoms with E-state index in [0.29, 0.717) is 19.0 Å². The Morgan fingerprint density at radius 2 is 2.05 bits per heavy atom. The molecule has 0 radical (unpaired) electrons. The Labute approximate surface area is 123 Å². The number of sulfonamides is 1. The van der Waals surface area contributed by atoms with Gasteiger partial charge in [0.05, 0.1) is 4.92 Å². The van der Waals surface area contributed by atoms with Gasteiger partial charge in [0.15, 0.2) is 4.90 Å². The molecule has 7 nitrogen and oxygen atoms in total. The molecule has 116 valence electrons. The maximum Gasteiger partial charge on any atom is 0.312 e. The van der Waals surface area contributed by atoms with E-state index in [4.69, 9.17) is 5.73 Å². The van der Waals surface area contributed by atoms with E-state index in [9.17, 15) is 18.5 Å². The number of para-hydroxylation sites is 1. The molecule has 0 spiro atoms. The Balaban J connectivity index is 2.45. The fourth-order valence-corrected chi connectivity index (χ4v) is 4.24. The average Bonchev–Trinajstić information content (AvgIpc) is 2.63. The van der Waals surface area contributed by atoms with Crippen LogP contribution in [0.25, 0.3) is 0 Å². The molecule has 2 rings (SSSR count). The summed E-state index contributed by atoms with van der Waals surface area (Å²) in [6, 6.07) is 4.01. The van der Waals surface area contributed by atoms with Crippen molar-refractivity contribution >= 4 is 21.4 Å². The molecule has 1 aliphatic rings. The summed E-state index contributed by atoms with van der Waals surface area (Å²) in [6.07, 6.45) is 2.48. The highest BCUT2D eigenvalue weighted by Crippen LogP contribution is 2.33. The van der Waals surface area contributed by atoms with Gasteiger partial charge in [-0.25, -0.2) is 8.42 Å². The van der Waals surface area contributed by atoms with Crippen LogP contribution < -0.4 is 5.73 Å². The van der Waals surface area contributed by atoms with Gasteiger partial charge >= 0.3 is 5.69 Å². The van der Waals surface area contributed by atoms with Crippen LogP contribution in [0.15, 0.2) is 23.1 Å². The molecular formula is C13H19N3O4S. The Bertz CT molecular complexity index is 645. The fraction of sp³-hybridized carbons (Fsp3) is 0.538. The number of nitro benzene ring substituents is 1. The van der Waals surface area contributed by atoms with Crippen LogP contribution >= 0.6 is 0 Å². The predicted octanol–water partition coefficient (Wildman–Crippen LogP) is 1.99. The molecule has 1 aromatic carbocycles. The number of nitro groups is 1. The van der Waals surface area contributed by atoms with E-state index in [1.807, 2.05) is 0 Å². The van der Waals surface area contributed by atoms with Crippen LogP contribution in [0.2, 0.25) is 0 Å². The first-order valence-corrected chi connectivity index (χ1v) is 8.31. The second-order valence-corrected chi connectivity index (χ2v) is 7.30. The minimum absolute atomic E-state index is 0.135. The largest absolute Gasteiger partial charge is 0.393 e. The molecule has 0 bridgehead atoms. The lowest BCUT2D eigenvalue weighted by Crippen LogP contribution is -2.32. The molecule has 21 heavy (non-hydrogen) atoms. The number of hydrogen-bond donors (Lipinski definition) is 1. The number of rotatable bonds is 3. The van der Waals surface area contributed by atoms with Gasteiger partial charge in [-0.1, -0.05) is 13.0 Å². The minimum atomic E-state index is -3.90. The Morgan fingerprint density at radius 1 is 1.33 bits per heavy atom. The second-order valence-electron chi connectivity index (χ2n) is 5.39. The molecule has 1 fully saturated rings. The highest BCUT2D eigenvalue weighted by Gasteiger charge is 2.33. The van der Waals surface area contributed by atoms with Crippen molar-refractivity contribution in [3.63, 3.8) is 0 Å². The Kier molecular flexibility index (Phi) is 4.48. The van der Waals surface area contributed by atoms with Gasteiger partial charge in [-0.3, -0.25) is 10.1 Å². The van der Waals surface area contributed by atoms with Gasteiger partial charge in [-0.15, -0.1) is 0 Å². The molecule has 0 amide bonds. The smallest absolute Gasteiger partial charge is 0.312 e. The Morgan fingerprint density at radius 3 is 2.71 bits per heavy atom. The van der Waals surface area contributed by atoms with Crippen molar-refractivity contribution in [3.8, 4) is 0 Å². The molecule has 8 heteroatoms. The number of benzene rings is 1. The van der Waals surface area contributed by atoms with Crippen LogP contribution in [0.1, 0.15) is 26.2 Å². The summed E-state index contributed by atoms with van der Waals surface area (Å²) < 4.78 is 26.7. The maximum absolute atomic E-state index is 12.7. The maximum atomic E-state index is 12.7. The van der Waals surface area contributed by atoms with Crippen molar-refractivity contribution in [2.75, 3.05) is 18.8 Å². The van der Waals surface area contributed by atoms with Crippen LogP contribution in [0.4, 0.5) is 11.4 Å². The molecule has 1 aromatic rings. The zero-order valence-electron chi connectivity index (χ0n) is 11.9. The van der Waals surface area contributed by atoms with Gasteiger partial charge in [0.25, 0.3) is 0 Å². The zero-order valence-corrected chi connectivity index (χ0v) is 12.7. The summed E-state index contributed by atoms with van der Waals surface area (Å²) in [5, 5.41) is 11.1. The first-order valence-electron chi connectivity index (χ1n) is 6.87. The molecule has 1 atom stereocenters. The number of anilines is 1. The minimum Gasteiger partial charge on any atom is -0.393 e. The van der Waals surface area contributed by atoms with Crippen LogP contribution in [-0.2, 0) is 10.0 Å². The molecule has 1 saturated heterocycles. The van der Waals surface area contributed by atoms with Crippen molar-refractivity contribution < 1.29 is 13.3 Å². The molecule has 0 aromatic heterocycles. The van der Waals surface area contributed by atoms with Crippen molar-refractivity contribution in [3.05, 3.63) is 28.3 Å². The number of nitrogen functional groups attached to an aromatic ring is 1. The van der Waals surface area contributed by atoms with Gasteiger partial charge < -0.3 is 5.73 Å². The van der Waals surface area contributed by atoms with Gasteiger partial charge in [0, 0.05) is 13.1 Å². The van der Waals surface area contributed by atoms with Gasteiger partial charge in [-0.2, -0.15) is 4.31 Å². The molecule has 2 N–H and O–H groups in total. The van der Waals surface area contributed by atoms with Crippen molar-refractivity contribution in [2.24, 2.45) is 5.92 Å². The molecule has 1 aliphatic heterocycles. The molecular weight excluding hydrogens is 294 g/mol. The summed E-state index contributed by atoms with van der Waals surface area (Å²) in [5.41, 5.74) is 4.91. The first-order chi connectivity index (χ1) is 9.84. The standard InChI is InChI=1S/C13H19N3O4S/c1-10-4-3-8-15(9-7-10)21(19,20)12-6-2-5-11(14)13(12)16(17)18/h2,5-6,10H,3-4,7-9,14H2,1H3. The van der Waals surface area contributed by atoms with E-state index in [2.05, 4.69) is 6.92 Å². The Hall–Kier alpha value is -1.67. The lowest BCUT2D eigenvalue weighted by Gasteiger charge is -2.20. The fourth-order valence-electron chi connectivity index (χ4n) is 2.56. The quantitative estimate of drug-likeness (QED) is 0.521. The van der Waals surface area contributed by atoms with Crippen molar-refractivity contribution in [2.45, 2.75) is 31.1 Å². The van der Waals surface area contributed by atoms with Gasteiger partial charge in [-0.05, 0) is 37.3 Å². The van der Waals surface area contributed by atoms with Crippen molar-refractivity contribution in [1.29, 1.82) is 0 Å². The average molecular weight is 313 g/mol. The second kappa shape index (κ2) is 5.98. The van der Waals surface area contributed by atoms with Crippen LogP contribution in [0, 0.1) is 16.0 Å². The van der Waals surface area contributed by atoms with E-state index in [0.717, 1.165) is 19.3 Å².